The smallest absolute Gasteiger partial charge is 0.185 e. The normalized spacial score (nSPS) is 16.6. The van der Waals surface area contributed by atoms with Gasteiger partial charge < -0.3 is 10.2 Å². The second kappa shape index (κ2) is 8.74. The van der Waals surface area contributed by atoms with Crippen LogP contribution in [0.2, 0.25) is 0 Å². The average molecular weight is 310 g/mol. The number of hydrogen-bond acceptors (Lipinski definition) is 4. The summed E-state index contributed by atoms with van der Waals surface area (Å²) in [7, 11) is 0. The van der Waals surface area contributed by atoms with E-state index in [9.17, 15) is 0 Å². The van der Waals surface area contributed by atoms with Crippen molar-refractivity contribution in [3.63, 3.8) is 0 Å². The van der Waals surface area contributed by atoms with Gasteiger partial charge in [0, 0.05) is 24.5 Å². The maximum Gasteiger partial charge on any atom is 0.185 e. The molecule has 2 rings (SSSR count). The molecule has 0 atom stereocenters. The summed E-state index contributed by atoms with van der Waals surface area (Å²) in [6.07, 6.45) is 7.66. The fraction of sp³-hybridized carbons (Fsp3) is 0.824. The van der Waals surface area contributed by atoms with Crippen LogP contribution in [0.5, 0.6) is 0 Å². The number of aryl methyl sites for hydroxylation is 1. The summed E-state index contributed by atoms with van der Waals surface area (Å²) in [6.45, 7) is 11.2. The molecule has 1 aromatic heterocycles. The Morgan fingerprint density at radius 3 is 2.57 bits per heavy atom. The van der Waals surface area contributed by atoms with Crippen LogP contribution >= 0.6 is 11.3 Å². The van der Waals surface area contributed by atoms with Crippen molar-refractivity contribution in [2.75, 3.05) is 24.5 Å². The minimum atomic E-state index is 0.947. The predicted octanol–water partition coefficient (Wildman–Crippen LogP) is 4.22. The number of anilines is 1. The van der Waals surface area contributed by atoms with Gasteiger partial charge in [0.2, 0.25) is 0 Å². The highest BCUT2D eigenvalue weighted by molar-refractivity contribution is 7.15. The van der Waals surface area contributed by atoms with Crippen LogP contribution in [-0.4, -0.2) is 24.6 Å². The molecule has 21 heavy (non-hydrogen) atoms. The van der Waals surface area contributed by atoms with Crippen LogP contribution in [-0.2, 0) is 13.0 Å². The van der Waals surface area contributed by atoms with Crippen molar-refractivity contribution in [2.45, 2.75) is 65.8 Å². The monoisotopic (exact) mass is 309 g/mol. The zero-order valence-electron chi connectivity index (χ0n) is 14.0. The van der Waals surface area contributed by atoms with Crippen molar-refractivity contribution in [3.8, 4) is 0 Å². The number of piperidine rings is 1. The zero-order valence-corrected chi connectivity index (χ0v) is 14.8. The van der Waals surface area contributed by atoms with E-state index in [2.05, 4.69) is 31.0 Å². The van der Waals surface area contributed by atoms with Gasteiger partial charge >= 0.3 is 0 Å². The van der Waals surface area contributed by atoms with Gasteiger partial charge in [0.1, 0.15) is 0 Å². The standard InChI is InChI=1S/C17H31N3S/c1-4-7-14-8-11-20(12-9-14)17-19-15(6-3)16(21-17)13-18-10-5-2/h14,18H,4-13H2,1-3H3. The number of nitrogens with one attached hydrogen (secondary N) is 1. The van der Waals surface area contributed by atoms with Crippen molar-refractivity contribution >= 4 is 16.5 Å². The van der Waals surface area contributed by atoms with Gasteiger partial charge in [-0.25, -0.2) is 4.98 Å². The lowest BCUT2D eigenvalue weighted by molar-refractivity contribution is 0.378. The summed E-state index contributed by atoms with van der Waals surface area (Å²) in [4.78, 5) is 8.86. The Hall–Kier alpha value is -0.610. The quantitative estimate of drug-likeness (QED) is 0.729. The van der Waals surface area contributed by atoms with Crippen molar-refractivity contribution in [3.05, 3.63) is 10.6 Å². The van der Waals surface area contributed by atoms with Gasteiger partial charge in [-0.05, 0) is 38.1 Å². The van der Waals surface area contributed by atoms with Crippen molar-refractivity contribution in [2.24, 2.45) is 5.92 Å². The van der Waals surface area contributed by atoms with Crippen molar-refractivity contribution in [1.82, 2.24) is 10.3 Å². The zero-order chi connectivity index (χ0) is 15.1. The molecule has 0 spiro atoms. The molecule has 0 radical (unpaired) electrons. The lowest BCUT2D eigenvalue weighted by Crippen LogP contribution is -2.33. The Morgan fingerprint density at radius 1 is 1.19 bits per heavy atom. The molecule has 4 heteroatoms. The molecule has 120 valence electrons. The van der Waals surface area contributed by atoms with Crippen molar-refractivity contribution in [1.29, 1.82) is 0 Å². The first-order valence-electron chi connectivity index (χ1n) is 8.72. The SMILES string of the molecule is CCCNCc1sc(N2CCC(CCC)CC2)nc1CC. The molecule has 0 aromatic carbocycles. The molecule has 1 fully saturated rings. The number of thiazole rings is 1. The lowest BCUT2D eigenvalue weighted by atomic mass is 9.93. The van der Waals surface area contributed by atoms with Gasteiger partial charge in [-0.15, -0.1) is 11.3 Å². The van der Waals surface area contributed by atoms with Crippen LogP contribution < -0.4 is 10.2 Å². The molecule has 0 amide bonds. The van der Waals surface area contributed by atoms with Gasteiger partial charge in [0.05, 0.1) is 5.69 Å². The molecule has 1 N–H and O–H groups in total. The van der Waals surface area contributed by atoms with Crippen LogP contribution in [0.15, 0.2) is 0 Å². The summed E-state index contributed by atoms with van der Waals surface area (Å²) in [5, 5.41) is 4.78. The first-order valence-corrected chi connectivity index (χ1v) is 9.54. The third-order valence-corrected chi connectivity index (χ3v) is 5.55. The van der Waals surface area contributed by atoms with Crippen LogP contribution in [0.4, 0.5) is 5.13 Å². The number of hydrogen-bond donors (Lipinski definition) is 1. The van der Waals surface area contributed by atoms with E-state index in [4.69, 9.17) is 4.98 Å². The van der Waals surface area contributed by atoms with Crippen LogP contribution in [0.3, 0.4) is 0 Å². The highest BCUT2D eigenvalue weighted by atomic mass is 32.1. The van der Waals surface area contributed by atoms with E-state index in [1.807, 2.05) is 11.3 Å². The molecule has 1 aliphatic rings. The predicted molar refractivity (Wildman–Crippen MR) is 93.3 cm³/mol. The Balaban J connectivity index is 1.94. The molecule has 0 aliphatic carbocycles. The molecule has 0 unspecified atom stereocenters. The average Bonchev–Trinajstić information content (AvgIpc) is 2.92. The van der Waals surface area contributed by atoms with Gasteiger partial charge in [-0.1, -0.05) is 33.6 Å². The summed E-state index contributed by atoms with van der Waals surface area (Å²) >= 11 is 1.91. The first kappa shape index (κ1) is 16.8. The molecule has 1 aromatic rings. The van der Waals surface area contributed by atoms with Crippen molar-refractivity contribution < 1.29 is 0 Å². The molecule has 1 aliphatic heterocycles. The largest absolute Gasteiger partial charge is 0.348 e. The third kappa shape index (κ3) is 4.68. The summed E-state index contributed by atoms with van der Waals surface area (Å²) in [5.74, 6) is 0.947. The second-order valence-corrected chi connectivity index (χ2v) is 7.18. The fourth-order valence-electron chi connectivity index (χ4n) is 3.12. The van der Waals surface area contributed by atoms with E-state index in [0.717, 1.165) is 25.4 Å². The minimum Gasteiger partial charge on any atom is -0.348 e. The molecule has 0 saturated carbocycles. The molecule has 0 bridgehead atoms. The Bertz CT molecular complexity index is 408. The number of aromatic nitrogens is 1. The van der Waals surface area contributed by atoms with Crippen LogP contribution in [0, 0.1) is 5.92 Å². The van der Waals surface area contributed by atoms with E-state index < -0.39 is 0 Å². The molecule has 2 heterocycles. The maximum absolute atomic E-state index is 4.91. The topological polar surface area (TPSA) is 28.2 Å². The lowest BCUT2D eigenvalue weighted by Gasteiger charge is -2.31. The molecular formula is C17H31N3S. The Labute approximate surface area is 134 Å². The highest BCUT2D eigenvalue weighted by Gasteiger charge is 2.22. The third-order valence-electron chi connectivity index (χ3n) is 4.40. The minimum absolute atomic E-state index is 0.947. The first-order chi connectivity index (χ1) is 10.3. The summed E-state index contributed by atoms with van der Waals surface area (Å²) in [5.41, 5.74) is 1.30. The van der Waals surface area contributed by atoms with E-state index in [1.54, 1.807) is 0 Å². The van der Waals surface area contributed by atoms with E-state index in [0.29, 0.717) is 0 Å². The summed E-state index contributed by atoms with van der Waals surface area (Å²) < 4.78 is 0. The van der Waals surface area contributed by atoms with Gasteiger partial charge in [-0.3, -0.25) is 0 Å². The van der Waals surface area contributed by atoms with Gasteiger partial charge in [0.15, 0.2) is 5.13 Å². The van der Waals surface area contributed by atoms with Crippen LogP contribution in [0.1, 0.15) is 63.4 Å². The summed E-state index contributed by atoms with van der Waals surface area (Å²) in [6, 6.07) is 0. The highest BCUT2D eigenvalue weighted by Crippen LogP contribution is 2.31. The van der Waals surface area contributed by atoms with E-state index >= 15 is 0 Å². The number of nitrogens with zero attached hydrogens (tertiary/aromatic N) is 2. The second-order valence-electron chi connectivity index (χ2n) is 6.12. The van der Waals surface area contributed by atoms with Gasteiger partial charge in [0.25, 0.3) is 0 Å². The van der Waals surface area contributed by atoms with E-state index in [1.165, 1.54) is 60.9 Å². The fourth-order valence-corrected chi connectivity index (χ4v) is 4.29. The maximum atomic E-state index is 4.91. The van der Waals surface area contributed by atoms with E-state index in [-0.39, 0.29) is 0 Å². The Kier molecular flexibility index (Phi) is 6.97. The van der Waals surface area contributed by atoms with Gasteiger partial charge in [-0.2, -0.15) is 0 Å². The number of rotatable bonds is 8. The van der Waals surface area contributed by atoms with Crippen LogP contribution in [0.25, 0.3) is 0 Å². The molecule has 3 nitrogen and oxygen atoms in total. The molecule has 1 saturated heterocycles. The molecular weight excluding hydrogens is 278 g/mol. The Morgan fingerprint density at radius 2 is 1.95 bits per heavy atom.